The van der Waals surface area contributed by atoms with E-state index >= 15 is 0 Å². The highest BCUT2D eigenvalue weighted by atomic mass is 32.2. The topological polar surface area (TPSA) is 35.6 Å². The lowest BCUT2D eigenvalue weighted by Gasteiger charge is -2.39. The monoisotopic (exact) mass is 756 g/mol. The first-order chi connectivity index (χ1) is 28.8. The zero-order chi connectivity index (χ0) is 38.0. The summed E-state index contributed by atoms with van der Waals surface area (Å²) in [7, 11) is 0. The van der Waals surface area contributed by atoms with Crippen LogP contribution >= 0.6 is 11.8 Å². The Bertz CT molecular complexity index is 3450. The molecule has 11 aromatic rings. The van der Waals surface area contributed by atoms with Gasteiger partial charge in [-0.15, -0.1) is 0 Å². The molecule has 1 spiro atoms. The summed E-state index contributed by atoms with van der Waals surface area (Å²) in [6.45, 7) is 0. The molecule has 1 atom stereocenters. The van der Waals surface area contributed by atoms with E-state index in [4.69, 9.17) is 9.97 Å². The summed E-state index contributed by atoms with van der Waals surface area (Å²) in [6, 6.07) is 66.6. The molecule has 7 aromatic carbocycles. The van der Waals surface area contributed by atoms with Crippen LogP contribution in [0.4, 0.5) is 0 Å². The Hall–Kier alpha value is -7.21. The fourth-order valence-corrected chi connectivity index (χ4v) is 11.3. The average Bonchev–Trinajstić information content (AvgIpc) is 3.91. The molecule has 5 heteroatoms. The highest BCUT2D eigenvalue weighted by Crippen LogP contribution is 2.62. The summed E-state index contributed by atoms with van der Waals surface area (Å²) in [6.07, 6.45) is 3.95. The van der Waals surface area contributed by atoms with Crippen molar-refractivity contribution in [1.82, 2.24) is 19.1 Å². The first-order valence-corrected chi connectivity index (χ1v) is 20.5. The van der Waals surface area contributed by atoms with Crippen molar-refractivity contribution in [2.45, 2.75) is 15.2 Å². The fraction of sp³-hybridized carbons (Fsp3) is 0.0189. The number of nitrogens with zero attached hydrogens (tertiary/aromatic N) is 4. The molecule has 0 saturated carbocycles. The molecule has 13 rings (SSSR count). The van der Waals surface area contributed by atoms with Gasteiger partial charge in [-0.3, -0.25) is 9.97 Å². The Morgan fingerprint density at radius 3 is 1.72 bits per heavy atom. The molecular weight excluding hydrogens is 725 g/mol. The number of benzene rings is 7. The predicted molar refractivity (Wildman–Crippen MR) is 238 cm³/mol. The number of pyridine rings is 2. The summed E-state index contributed by atoms with van der Waals surface area (Å²) in [5.41, 5.74) is 15.4. The summed E-state index contributed by atoms with van der Waals surface area (Å²) in [5.74, 6) is 0. The van der Waals surface area contributed by atoms with Crippen molar-refractivity contribution in [3.8, 4) is 33.9 Å². The Kier molecular flexibility index (Phi) is 6.55. The van der Waals surface area contributed by atoms with E-state index in [1.54, 1.807) is 0 Å². The van der Waals surface area contributed by atoms with E-state index in [0.717, 1.165) is 28.3 Å². The maximum Gasteiger partial charge on any atom is 0.0939 e. The molecule has 2 aliphatic rings. The Labute approximate surface area is 338 Å². The van der Waals surface area contributed by atoms with Gasteiger partial charge in [-0.25, -0.2) is 0 Å². The van der Waals surface area contributed by atoms with Crippen LogP contribution in [0.5, 0.6) is 0 Å². The SMILES string of the molecule is c1ccc(-n2c3ccccc3c3cc(-c4ccc5c(c4)C4(c6ccccc6S5)c5cccnc5-c5ncc(-n6c7ccccc7c7ccccc76)cc54)ccc32)cc1. The predicted octanol–water partition coefficient (Wildman–Crippen LogP) is 13.2. The van der Waals surface area contributed by atoms with Crippen LogP contribution in [0.25, 0.3) is 77.5 Å². The lowest BCUT2D eigenvalue weighted by molar-refractivity contribution is 0.719. The Morgan fingerprint density at radius 1 is 0.379 bits per heavy atom. The van der Waals surface area contributed by atoms with E-state index in [1.807, 2.05) is 24.2 Å². The standard InChI is InChI=1S/C53H32N4S/c1-2-13-35(14-3-1)56-47-22-10-6-17-39(47)40-29-33(24-26-48(40)56)34-25-27-50-43(30-34)53(41-18-7-11-23-49(41)58-50)42-19-12-28-54-51(42)52-44(53)31-36(32-55-52)57-45-20-8-4-15-37(45)38-16-5-9-21-46(38)57/h1-32H. The quantitative estimate of drug-likeness (QED) is 0.180. The molecule has 0 fully saturated rings. The largest absolute Gasteiger partial charge is 0.309 e. The maximum atomic E-state index is 5.34. The first-order valence-electron chi connectivity index (χ1n) is 19.7. The number of hydrogen-bond acceptors (Lipinski definition) is 3. The second kappa shape index (κ2) is 11.9. The normalized spacial score (nSPS) is 15.2. The number of hydrogen-bond donors (Lipinski definition) is 0. The molecule has 1 aliphatic heterocycles. The molecular formula is C53H32N4S. The van der Waals surface area contributed by atoms with Gasteiger partial charge >= 0.3 is 0 Å². The van der Waals surface area contributed by atoms with Crippen LogP contribution in [0.3, 0.4) is 0 Å². The third-order valence-electron chi connectivity index (χ3n) is 12.5. The van der Waals surface area contributed by atoms with Crippen LogP contribution in [0.15, 0.2) is 204 Å². The summed E-state index contributed by atoms with van der Waals surface area (Å²) in [4.78, 5) is 12.9. The molecule has 58 heavy (non-hydrogen) atoms. The summed E-state index contributed by atoms with van der Waals surface area (Å²) in [5, 5.41) is 4.95. The van der Waals surface area contributed by atoms with E-state index in [9.17, 15) is 0 Å². The number of rotatable bonds is 3. The highest BCUT2D eigenvalue weighted by Gasteiger charge is 2.52. The van der Waals surface area contributed by atoms with Gasteiger partial charge in [0.2, 0.25) is 0 Å². The lowest BCUT2D eigenvalue weighted by Crippen LogP contribution is -2.32. The van der Waals surface area contributed by atoms with Gasteiger partial charge in [0, 0.05) is 48.8 Å². The van der Waals surface area contributed by atoms with Gasteiger partial charge in [0.05, 0.1) is 50.8 Å². The maximum absolute atomic E-state index is 5.34. The van der Waals surface area contributed by atoms with Crippen molar-refractivity contribution in [2.75, 3.05) is 0 Å². The first kappa shape index (κ1) is 31.9. The molecule has 0 N–H and O–H groups in total. The van der Waals surface area contributed by atoms with Crippen LogP contribution in [0.2, 0.25) is 0 Å². The van der Waals surface area contributed by atoms with E-state index in [2.05, 4.69) is 191 Å². The second-order valence-electron chi connectivity index (χ2n) is 15.3. The van der Waals surface area contributed by atoms with Gasteiger partial charge in [0.15, 0.2) is 0 Å². The molecule has 5 heterocycles. The van der Waals surface area contributed by atoms with Crippen LogP contribution in [-0.4, -0.2) is 19.1 Å². The molecule has 1 aliphatic carbocycles. The lowest BCUT2D eigenvalue weighted by atomic mass is 9.67. The van der Waals surface area contributed by atoms with Crippen molar-refractivity contribution in [1.29, 1.82) is 0 Å². The summed E-state index contributed by atoms with van der Waals surface area (Å²) >= 11 is 1.86. The third kappa shape index (κ3) is 4.20. The average molecular weight is 757 g/mol. The van der Waals surface area contributed by atoms with Gasteiger partial charge in [0.1, 0.15) is 0 Å². The van der Waals surface area contributed by atoms with Gasteiger partial charge < -0.3 is 9.13 Å². The van der Waals surface area contributed by atoms with Gasteiger partial charge in [-0.1, -0.05) is 121 Å². The van der Waals surface area contributed by atoms with Crippen LogP contribution in [0.1, 0.15) is 22.3 Å². The van der Waals surface area contributed by atoms with Crippen LogP contribution in [-0.2, 0) is 5.41 Å². The van der Waals surface area contributed by atoms with E-state index < -0.39 is 5.41 Å². The van der Waals surface area contributed by atoms with Crippen molar-refractivity contribution in [2.24, 2.45) is 0 Å². The molecule has 4 aromatic heterocycles. The minimum Gasteiger partial charge on any atom is -0.309 e. The second-order valence-corrected chi connectivity index (χ2v) is 16.4. The van der Waals surface area contributed by atoms with Crippen LogP contribution < -0.4 is 0 Å². The van der Waals surface area contributed by atoms with Crippen molar-refractivity contribution in [3.63, 3.8) is 0 Å². The summed E-state index contributed by atoms with van der Waals surface area (Å²) < 4.78 is 4.76. The third-order valence-corrected chi connectivity index (χ3v) is 13.6. The molecule has 4 nitrogen and oxygen atoms in total. The van der Waals surface area contributed by atoms with Gasteiger partial charge in [-0.2, -0.15) is 0 Å². The highest BCUT2D eigenvalue weighted by molar-refractivity contribution is 7.99. The molecule has 1 unspecified atom stereocenters. The zero-order valence-electron chi connectivity index (χ0n) is 31.2. The smallest absolute Gasteiger partial charge is 0.0939 e. The molecule has 0 saturated heterocycles. The van der Waals surface area contributed by atoms with Crippen LogP contribution in [0, 0.1) is 0 Å². The Morgan fingerprint density at radius 2 is 0.948 bits per heavy atom. The minimum atomic E-state index is -0.638. The molecule has 0 bridgehead atoms. The number of fused-ring (bicyclic) bond motifs is 15. The molecule has 0 amide bonds. The van der Waals surface area contributed by atoms with Gasteiger partial charge in [0.25, 0.3) is 0 Å². The van der Waals surface area contributed by atoms with E-state index in [-0.39, 0.29) is 0 Å². The fourth-order valence-electron chi connectivity index (χ4n) is 10.1. The van der Waals surface area contributed by atoms with Crippen molar-refractivity contribution >= 4 is 55.4 Å². The van der Waals surface area contributed by atoms with E-state index in [1.165, 1.54) is 81.2 Å². The van der Waals surface area contributed by atoms with E-state index in [0.29, 0.717) is 0 Å². The Balaban J connectivity index is 1.08. The molecule has 270 valence electrons. The number of para-hydroxylation sites is 4. The minimum absolute atomic E-state index is 0.638. The van der Waals surface area contributed by atoms with Crippen molar-refractivity contribution < 1.29 is 0 Å². The zero-order valence-corrected chi connectivity index (χ0v) is 32.0. The number of aromatic nitrogens is 4. The molecule has 0 radical (unpaired) electrons. The van der Waals surface area contributed by atoms with Gasteiger partial charge in [-0.05, 0) is 101 Å². The van der Waals surface area contributed by atoms with Crippen molar-refractivity contribution in [3.05, 3.63) is 217 Å².